The van der Waals surface area contributed by atoms with Gasteiger partial charge < -0.3 is 29.4 Å². The number of morpholine rings is 1. The van der Waals surface area contributed by atoms with Crippen LogP contribution in [0.25, 0.3) is 0 Å². The Hall–Kier alpha value is -1.22. The Kier molecular flexibility index (Phi) is 5.21. The molecule has 138 valence electrons. The number of nitrogens with one attached hydrogen (secondary N) is 1. The number of aliphatic hydroxyl groups is 1. The van der Waals surface area contributed by atoms with E-state index < -0.39 is 6.10 Å². The summed E-state index contributed by atoms with van der Waals surface area (Å²) in [7, 11) is 1.66. The fourth-order valence-electron chi connectivity index (χ4n) is 3.90. The highest BCUT2D eigenvalue weighted by Crippen LogP contribution is 2.32. The Morgan fingerprint density at radius 2 is 2.00 bits per heavy atom. The van der Waals surface area contributed by atoms with E-state index in [-0.39, 0.29) is 24.5 Å². The van der Waals surface area contributed by atoms with E-state index in [1.54, 1.807) is 7.11 Å². The zero-order chi connectivity index (χ0) is 17.2. The van der Waals surface area contributed by atoms with Gasteiger partial charge in [0.05, 0.1) is 45.1 Å². The molecule has 0 aliphatic carbocycles. The van der Waals surface area contributed by atoms with Crippen molar-refractivity contribution < 1.29 is 24.1 Å². The maximum atomic E-state index is 11.0. The standard InChI is InChI=1S/C18H26N2O5/c1-22-13-4-2-12(3-5-13)10-19-15-14-11-24-18(25-14)16(17(15)21)20-6-8-23-9-7-20/h2-5,14-19,21H,6-11H2,1H3. The minimum atomic E-state index is -0.539. The van der Waals surface area contributed by atoms with E-state index in [0.29, 0.717) is 26.4 Å². The van der Waals surface area contributed by atoms with E-state index in [0.717, 1.165) is 24.4 Å². The number of benzene rings is 1. The Bertz CT molecular complexity index is 563. The minimum Gasteiger partial charge on any atom is -0.497 e. The van der Waals surface area contributed by atoms with Gasteiger partial charge in [-0.25, -0.2) is 0 Å². The van der Waals surface area contributed by atoms with E-state index in [4.69, 9.17) is 18.9 Å². The van der Waals surface area contributed by atoms with Gasteiger partial charge >= 0.3 is 0 Å². The largest absolute Gasteiger partial charge is 0.497 e. The molecule has 0 spiro atoms. The number of methoxy groups -OCH3 is 1. The number of hydrogen-bond acceptors (Lipinski definition) is 7. The van der Waals surface area contributed by atoms with Crippen LogP contribution in [-0.4, -0.2) is 80.6 Å². The molecule has 3 saturated heterocycles. The second kappa shape index (κ2) is 7.57. The third-order valence-corrected chi connectivity index (χ3v) is 5.30. The number of ether oxygens (including phenoxy) is 4. The lowest BCUT2D eigenvalue weighted by Gasteiger charge is -2.45. The van der Waals surface area contributed by atoms with Crippen molar-refractivity contribution in [1.29, 1.82) is 0 Å². The van der Waals surface area contributed by atoms with Crippen molar-refractivity contribution in [1.82, 2.24) is 10.2 Å². The van der Waals surface area contributed by atoms with Gasteiger partial charge in [-0.1, -0.05) is 12.1 Å². The maximum Gasteiger partial charge on any atom is 0.176 e. The van der Waals surface area contributed by atoms with Crippen molar-refractivity contribution in [2.45, 2.75) is 37.1 Å². The molecule has 1 aromatic rings. The molecule has 5 unspecified atom stereocenters. The van der Waals surface area contributed by atoms with E-state index >= 15 is 0 Å². The third kappa shape index (κ3) is 3.53. The quantitative estimate of drug-likeness (QED) is 0.773. The van der Waals surface area contributed by atoms with Crippen LogP contribution >= 0.6 is 0 Å². The summed E-state index contributed by atoms with van der Waals surface area (Å²) in [4.78, 5) is 2.22. The van der Waals surface area contributed by atoms with Crippen molar-refractivity contribution in [3.8, 4) is 5.75 Å². The summed E-state index contributed by atoms with van der Waals surface area (Å²) in [6.07, 6.45) is -1.00. The number of aliphatic hydroxyl groups excluding tert-OH is 1. The van der Waals surface area contributed by atoms with Gasteiger partial charge in [0.15, 0.2) is 6.29 Å². The van der Waals surface area contributed by atoms with Crippen LogP contribution < -0.4 is 10.1 Å². The molecule has 7 nitrogen and oxygen atoms in total. The van der Waals surface area contributed by atoms with Crippen LogP contribution in [0.15, 0.2) is 24.3 Å². The van der Waals surface area contributed by atoms with Crippen molar-refractivity contribution in [2.75, 3.05) is 40.0 Å². The summed E-state index contributed by atoms with van der Waals surface area (Å²) >= 11 is 0. The second-order valence-corrected chi connectivity index (χ2v) is 6.76. The molecule has 0 radical (unpaired) electrons. The molecule has 3 heterocycles. The molecular weight excluding hydrogens is 324 g/mol. The molecule has 0 aromatic heterocycles. The lowest BCUT2D eigenvalue weighted by atomic mass is 9.94. The van der Waals surface area contributed by atoms with E-state index in [1.165, 1.54) is 0 Å². The first kappa shape index (κ1) is 17.2. The molecule has 2 bridgehead atoms. The molecule has 2 N–H and O–H groups in total. The molecule has 0 amide bonds. The highest BCUT2D eigenvalue weighted by Gasteiger charge is 2.52. The van der Waals surface area contributed by atoms with Gasteiger partial charge in [0, 0.05) is 19.6 Å². The fraction of sp³-hybridized carbons (Fsp3) is 0.667. The molecule has 7 heteroatoms. The van der Waals surface area contributed by atoms with E-state index in [2.05, 4.69) is 10.2 Å². The molecular formula is C18H26N2O5. The monoisotopic (exact) mass is 350 g/mol. The summed E-state index contributed by atoms with van der Waals surface area (Å²) in [5.74, 6) is 0.837. The Morgan fingerprint density at radius 3 is 2.72 bits per heavy atom. The highest BCUT2D eigenvalue weighted by atomic mass is 16.7. The highest BCUT2D eigenvalue weighted by molar-refractivity contribution is 5.27. The predicted octanol–water partition coefficient (Wildman–Crippen LogP) is -0.0298. The zero-order valence-electron chi connectivity index (χ0n) is 14.5. The van der Waals surface area contributed by atoms with Crippen LogP contribution in [-0.2, 0) is 20.8 Å². The molecule has 25 heavy (non-hydrogen) atoms. The average molecular weight is 350 g/mol. The summed E-state index contributed by atoms with van der Waals surface area (Å²) in [5, 5.41) is 14.5. The van der Waals surface area contributed by atoms with Gasteiger partial charge in [0.25, 0.3) is 0 Å². The molecule has 4 rings (SSSR count). The van der Waals surface area contributed by atoms with Crippen molar-refractivity contribution in [3.05, 3.63) is 29.8 Å². The summed E-state index contributed by atoms with van der Waals surface area (Å²) in [5.41, 5.74) is 1.14. The first-order valence-corrected chi connectivity index (χ1v) is 8.89. The predicted molar refractivity (Wildman–Crippen MR) is 90.4 cm³/mol. The molecule has 0 saturated carbocycles. The molecule has 5 atom stereocenters. The fourth-order valence-corrected chi connectivity index (χ4v) is 3.90. The van der Waals surface area contributed by atoms with Crippen LogP contribution in [0.2, 0.25) is 0 Å². The Morgan fingerprint density at radius 1 is 1.24 bits per heavy atom. The van der Waals surface area contributed by atoms with Crippen LogP contribution in [0.3, 0.4) is 0 Å². The van der Waals surface area contributed by atoms with Gasteiger partial charge in [-0.3, -0.25) is 4.90 Å². The van der Waals surface area contributed by atoms with Gasteiger partial charge in [-0.05, 0) is 17.7 Å². The average Bonchev–Trinajstić information content (AvgIpc) is 3.08. The van der Waals surface area contributed by atoms with Crippen molar-refractivity contribution in [2.24, 2.45) is 0 Å². The first-order chi connectivity index (χ1) is 12.3. The normalized spacial score (nSPS) is 35.7. The SMILES string of the molecule is COc1ccc(CNC2C3COC(O3)C(N3CCOCC3)C2O)cc1. The van der Waals surface area contributed by atoms with E-state index in [9.17, 15) is 5.11 Å². The van der Waals surface area contributed by atoms with E-state index in [1.807, 2.05) is 24.3 Å². The van der Waals surface area contributed by atoms with Crippen LogP contribution in [0, 0.1) is 0 Å². The van der Waals surface area contributed by atoms with Crippen molar-refractivity contribution >= 4 is 0 Å². The van der Waals surface area contributed by atoms with Gasteiger partial charge in [0.1, 0.15) is 11.9 Å². The van der Waals surface area contributed by atoms with Gasteiger partial charge in [-0.15, -0.1) is 0 Å². The Labute approximate surface area is 147 Å². The van der Waals surface area contributed by atoms with Crippen LogP contribution in [0.4, 0.5) is 0 Å². The van der Waals surface area contributed by atoms with Crippen LogP contribution in [0.1, 0.15) is 5.56 Å². The lowest BCUT2D eigenvalue weighted by molar-refractivity contribution is -0.191. The summed E-state index contributed by atoms with van der Waals surface area (Å²) < 4.78 is 22.4. The molecule has 3 aliphatic heterocycles. The van der Waals surface area contributed by atoms with Gasteiger partial charge in [-0.2, -0.15) is 0 Å². The van der Waals surface area contributed by atoms with Gasteiger partial charge in [0.2, 0.25) is 0 Å². The molecule has 3 fully saturated rings. The Balaban J connectivity index is 1.42. The lowest BCUT2D eigenvalue weighted by Crippen LogP contribution is -2.65. The summed E-state index contributed by atoms with van der Waals surface area (Å²) in [6, 6.07) is 7.61. The first-order valence-electron chi connectivity index (χ1n) is 8.89. The zero-order valence-corrected chi connectivity index (χ0v) is 14.5. The molecule has 1 aromatic carbocycles. The number of rotatable bonds is 5. The topological polar surface area (TPSA) is 72.4 Å². The third-order valence-electron chi connectivity index (χ3n) is 5.30. The smallest absolute Gasteiger partial charge is 0.176 e. The second-order valence-electron chi connectivity index (χ2n) is 6.76. The van der Waals surface area contributed by atoms with Crippen molar-refractivity contribution in [3.63, 3.8) is 0 Å². The number of fused-ring (bicyclic) bond motifs is 2. The number of nitrogens with zero attached hydrogens (tertiary/aromatic N) is 1. The minimum absolute atomic E-state index is 0.115. The van der Waals surface area contributed by atoms with Crippen LogP contribution in [0.5, 0.6) is 5.75 Å². The molecule has 3 aliphatic rings. The maximum absolute atomic E-state index is 11.0. The number of hydrogen-bond donors (Lipinski definition) is 2. The summed E-state index contributed by atoms with van der Waals surface area (Å²) in [6.45, 7) is 4.13.